The fourth-order valence-corrected chi connectivity index (χ4v) is 1.99. The summed E-state index contributed by atoms with van der Waals surface area (Å²) in [6, 6.07) is 6.85. The lowest BCUT2D eigenvalue weighted by Crippen LogP contribution is -2.15. The Balaban J connectivity index is 2.36. The van der Waals surface area contributed by atoms with Crippen molar-refractivity contribution in [2.75, 3.05) is 5.32 Å². The number of rotatable bonds is 4. The van der Waals surface area contributed by atoms with E-state index in [0.29, 0.717) is 0 Å². The highest BCUT2D eigenvalue weighted by atomic mass is 35.5. The molecule has 2 aromatic carbocycles. The predicted octanol–water partition coefficient (Wildman–Crippen LogP) is 2.48. The summed E-state index contributed by atoms with van der Waals surface area (Å²) in [5, 5.41) is 35.5. The van der Waals surface area contributed by atoms with Gasteiger partial charge in [0.15, 0.2) is 0 Å². The van der Waals surface area contributed by atoms with Crippen LogP contribution in [0.25, 0.3) is 0 Å². The zero-order chi connectivity index (χ0) is 17.1. The van der Waals surface area contributed by atoms with Gasteiger partial charge in [-0.25, -0.2) is 0 Å². The van der Waals surface area contributed by atoms with E-state index in [1.807, 2.05) is 0 Å². The molecule has 0 aliphatic carbocycles. The third-order valence-corrected chi connectivity index (χ3v) is 3.01. The number of non-ortho nitro benzene ring substituents is 1. The Morgan fingerprint density at radius 3 is 2.39 bits per heavy atom. The lowest BCUT2D eigenvalue weighted by atomic mass is 10.1. The number of nitrogens with zero attached hydrogens (tertiary/aromatic N) is 2. The molecule has 2 aromatic rings. The molecule has 10 heteroatoms. The SMILES string of the molecule is O=C(Nc1cccc([N+](=O)[O-])c1)c1cc(Cl)cc([N+](=O)[O-])c1[O-]. The van der Waals surface area contributed by atoms with Gasteiger partial charge in [0.25, 0.3) is 17.3 Å². The molecule has 0 bridgehead atoms. The minimum Gasteiger partial charge on any atom is -0.867 e. The number of benzene rings is 2. The molecule has 0 heterocycles. The molecule has 9 nitrogen and oxygen atoms in total. The van der Waals surface area contributed by atoms with Crippen LogP contribution < -0.4 is 10.4 Å². The van der Waals surface area contributed by atoms with Crippen LogP contribution in [0.5, 0.6) is 5.75 Å². The molecule has 0 aliphatic heterocycles. The van der Waals surface area contributed by atoms with Gasteiger partial charge >= 0.3 is 0 Å². The summed E-state index contributed by atoms with van der Waals surface area (Å²) in [4.78, 5) is 31.9. The zero-order valence-electron chi connectivity index (χ0n) is 11.2. The van der Waals surface area contributed by atoms with Gasteiger partial charge in [-0.2, -0.15) is 0 Å². The molecule has 0 atom stereocenters. The van der Waals surface area contributed by atoms with E-state index in [9.17, 15) is 30.1 Å². The van der Waals surface area contributed by atoms with E-state index in [4.69, 9.17) is 11.6 Å². The molecular weight excluding hydrogens is 330 g/mol. The van der Waals surface area contributed by atoms with Crippen molar-refractivity contribution in [3.05, 3.63) is 67.2 Å². The van der Waals surface area contributed by atoms with Gasteiger partial charge in [0.05, 0.1) is 9.85 Å². The maximum atomic E-state index is 12.1. The number of anilines is 1. The Kier molecular flexibility index (Phi) is 4.42. The van der Waals surface area contributed by atoms with Crippen molar-refractivity contribution in [3.8, 4) is 5.75 Å². The first-order chi connectivity index (χ1) is 10.8. The molecule has 0 fully saturated rings. The standard InChI is InChI=1S/C13H8ClN3O6/c14-7-4-10(12(18)11(5-7)17(22)23)13(19)15-8-2-1-3-9(6-8)16(20)21/h1-6,18H,(H,15,19)/p-1. The van der Waals surface area contributed by atoms with Gasteiger partial charge in [0, 0.05) is 34.5 Å². The summed E-state index contributed by atoms with van der Waals surface area (Å²) in [5.74, 6) is -2.05. The number of halogens is 1. The number of carbonyl (C=O) groups excluding carboxylic acids is 1. The zero-order valence-corrected chi connectivity index (χ0v) is 11.9. The molecular formula is C13H7ClN3O6-. The van der Waals surface area contributed by atoms with Crippen LogP contribution in [-0.4, -0.2) is 15.8 Å². The largest absolute Gasteiger partial charge is 0.867 e. The van der Waals surface area contributed by atoms with Crippen molar-refractivity contribution < 1.29 is 19.7 Å². The van der Waals surface area contributed by atoms with Gasteiger partial charge < -0.3 is 10.4 Å². The van der Waals surface area contributed by atoms with E-state index in [2.05, 4.69) is 5.32 Å². The predicted molar refractivity (Wildman–Crippen MR) is 78.6 cm³/mol. The number of nitro groups is 2. The second-order valence-electron chi connectivity index (χ2n) is 4.32. The molecule has 1 N–H and O–H groups in total. The van der Waals surface area contributed by atoms with Gasteiger partial charge in [-0.15, -0.1) is 0 Å². The van der Waals surface area contributed by atoms with E-state index in [1.54, 1.807) is 0 Å². The normalized spacial score (nSPS) is 10.1. The van der Waals surface area contributed by atoms with Gasteiger partial charge in [-0.1, -0.05) is 17.7 Å². The van der Waals surface area contributed by atoms with Gasteiger partial charge in [0.2, 0.25) is 0 Å². The first kappa shape index (κ1) is 16.2. The second kappa shape index (κ2) is 6.28. The van der Waals surface area contributed by atoms with E-state index >= 15 is 0 Å². The van der Waals surface area contributed by atoms with E-state index in [0.717, 1.165) is 18.2 Å². The summed E-state index contributed by atoms with van der Waals surface area (Å²) in [6.45, 7) is 0. The summed E-state index contributed by atoms with van der Waals surface area (Å²) in [7, 11) is 0. The smallest absolute Gasteiger partial charge is 0.271 e. The summed E-state index contributed by atoms with van der Waals surface area (Å²) >= 11 is 5.67. The van der Waals surface area contributed by atoms with E-state index in [1.165, 1.54) is 18.2 Å². The summed E-state index contributed by atoms with van der Waals surface area (Å²) in [6.07, 6.45) is 0. The van der Waals surface area contributed by atoms with E-state index < -0.39 is 32.8 Å². The minimum atomic E-state index is -1.10. The van der Waals surface area contributed by atoms with Gasteiger partial charge in [-0.3, -0.25) is 25.0 Å². The number of hydrogen-bond donors (Lipinski definition) is 1. The molecule has 0 aromatic heterocycles. The van der Waals surface area contributed by atoms with Gasteiger partial charge in [-0.05, 0) is 17.9 Å². The fraction of sp³-hybridized carbons (Fsp3) is 0. The Morgan fingerprint density at radius 1 is 1.09 bits per heavy atom. The van der Waals surface area contributed by atoms with Crippen LogP contribution in [0.4, 0.5) is 17.1 Å². The molecule has 0 aliphatic rings. The number of carbonyl (C=O) groups is 1. The average Bonchev–Trinajstić information content (AvgIpc) is 2.49. The third kappa shape index (κ3) is 3.52. The molecule has 118 valence electrons. The maximum absolute atomic E-state index is 12.1. The first-order valence-corrected chi connectivity index (χ1v) is 6.38. The second-order valence-corrected chi connectivity index (χ2v) is 4.76. The van der Waals surface area contributed by atoms with Crippen molar-refractivity contribution in [1.82, 2.24) is 0 Å². The summed E-state index contributed by atoms with van der Waals surface area (Å²) in [5.41, 5.74) is -1.56. The lowest BCUT2D eigenvalue weighted by molar-refractivity contribution is -0.398. The number of amides is 1. The van der Waals surface area contributed by atoms with E-state index in [-0.39, 0.29) is 16.4 Å². The van der Waals surface area contributed by atoms with Crippen molar-refractivity contribution >= 4 is 34.6 Å². The minimum absolute atomic E-state index is 0.0613. The van der Waals surface area contributed by atoms with Crippen LogP contribution >= 0.6 is 11.6 Å². The highest BCUT2D eigenvalue weighted by molar-refractivity contribution is 6.31. The Labute approximate surface area is 133 Å². The Bertz CT molecular complexity index is 823. The van der Waals surface area contributed by atoms with Crippen molar-refractivity contribution in [1.29, 1.82) is 0 Å². The Morgan fingerprint density at radius 2 is 1.78 bits per heavy atom. The molecule has 0 saturated carbocycles. The third-order valence-electron chi connectivity index (χ3n) is 2.79. The maximum Gasteiger partial charge on any atom is 0.271 e. The number of nitro benzene ring substituents is 2. The Hall–Kier alpha value is -3.20. The highest BCUT2D eigenvalue weighted by Gasteiger charge is 2.17. The van der Waals surface area contributed by atoms with Crippen LogP contribution in [0.3, 0.4) is 0 Å². The molecule has 0 unspecified atom stereocenters. The molecule has 0 spiro atoms. The van der Waals surface area contributed by atoms with Crippen LogP contribution in [-0.2, 0) is 0 Å². The quantitative estimate of drug-likeness (QED) is 0.672. The molecule has 23 heavy (non-hydrogen) atoms. The first-order valence-electron chi connectivity index (χ1n) is 6.00. The van der Waals surface area contributed by atoms with Crippen LogP contribution in [0.2, 0.25) is 5.02 Å². The number of hydrogen-bond acceptors (Lipinski definition) is 6. The highest BCUT2D eigenvalue weighted by Crippen LogP contribution is 2.31. The lowest BCUT2D eigenvalue weighted by Gasteiger charge is -2.14. The van der Waals surface area contributed by atoms with Crippen LogP contribution in [0.1, 0.15) is 10.4 Å². The monoisotopic (exact) mass is 336 g/mol. The van der Waals surface area contributed by atoms with Crippen molar-refractivity contribution in [2.45, 2.75) is 0 Å². The van der Waals surface area contributed by atoms with Crippen molar-refractivity contribution in [2.24, 2.45) is 0 Å². The van der Waals surface area contributed by atoms with Crippen LogP contribution in [0.15, 0.2) is 36.4 Å². The van der Waals surface area contributed by atoms with Crippen LogP contribution in [0, 0.1) is 20.2 Å². The van der Waals surface area contributed by atoms with Gasteiger partial charge in [0.1, 0.15) is 0 Å². The summed E-state index contributed by atoms with van der Waals surface area (Å²) < 4.78 is 0. The molecule has 0 radical (unpaired) electrons. The number of nitrogens with one attached hydrogen (secondary N) is 1. The van der Waals surface area contributed by atoms with Crippen molar-refractivity contribution in [3.63, 3.8) is 0 Å². The fourth-order valence-electron chi connectivity index (χ4n) is 1.78. The molecule has 1 amide bonds. The molecule has 0 saturated heterocycles. The average molecular weight is 337 g/mol. The topological polar surface area (TPSA) is 138 Å². The molecule has 2 rings (SSSR count).